The lowest BCUT2D eigenvalue weighted by molar-refractivity contribution is 0.810. The van der Waals surface area contributed by atoms with E-state index in [4.69, 9.17) is 0 Å². The van der Waals surface area contributed by atoms with Crippen molar-refractivity contribution in [1.29, 1.82) is 0 Å². The van der Waals surface area contributed by atoms with Gasteiger partial charge in [-0.3, -0.25) is 0 Å². The highest BCUT2D eigenvalue weighted by molar-refractivity contribution is 5.58. The smallest absolute Gasteiger partial charge is 0.0433 e. The number of nitrogens with zero attached hydrogens (tertiary/aromatic N) is 1. The first-order valence-electron chi connectivity index (χ1n) is 4.55. The second kappa shape index (κ2) is 4.13. The molecule has 0 bridgehead atoms. The third kappa shape index (κ3) is 2.62. The number of hydrogen-bond donors (Lipinski definition) is 0. The van der Waals surface area contributed by atoms with E-state index in [1.165, 1.54) is 11.3 Å². The fourth-order valence-corrected chi connectivity index (χ4v) is 1.24. The van der Waals surface area contributed by atoms with E-state index in [0.29, 0.717) is 0 Å². The van der Waals surface area contributed by atoms with Crippen LogP contribution in [0.4, 0.5) is 0 Å². The maximum absolute atomic E-state index is 3.94. The van der Waals surface area contributed by atoms with Crippen molar-refractivity contribution in [1.82, 2.24) is 4.57 Å². The Morgan fingerprint density at radius 2 is 2.15 bits per heavy atom. The van der Waals surface area contributed by atoms with Gasteiger partial charge in [0.25, 0.3) is 0 Å². The maximum Gasteiger partial charge on any atom is 0.0433 e. The largest absolute Gasteiger partial charge is 0.344 e. The van der Waals surface area contributed by atoms with E-state index in [9.17, 15) is 0 Å². The van der Waals surface area contributed by atoms with Crippen molar-refractivity contribution in [3.8, 4) is 0 Å². The molecule has 0 aromatic carbocycles. The summed E-state index contributed by atoms with van der Waals surface area (Å²) < 4.78 is 2.20. The molecule has 0 N–H and O–H groups in total. The summed E-state index contributed by atoms with van der Waals surface area (Å²) in [6, 6.07) is 4.16. The minimum absolute atomic E-state index is 0.942. The van der Waals surface area contributed by atoms with Gasteiger partial charge in [-0.05, 0) is 38.5 Å². The van der Waals surface area contributed by atoms with E-state index in [1.54, 1.807) is 0 Å². The maximum atomic E-state index is 3.94. The lowest BCUT2D eigenvalue weighted by Gasteiger charge is -2.05. The highest BCUT2D eigenvalue weighted by Crippen LogP contribution is 2.12. The second-order valence-corrected chi connectivity index (χ2v) is 3.61. The fourth-order valence-electron chi connectivity index (χ4n) is 1.24. The standard InChI is InChI=1S/C12H17N/c1-10(2)7-9-13-8-5-6-12(13)11(3)4/h5-8H,3,9H2,1-2,4H3. The third-order valence-corrected chi connectivity index (χ3v) is 1.96. The number of rotatable bonds is 3. The first-order chi connectivity index (χ1) is 6.11. The molecule has 0 spiro atoms. The van der Waals surface area contributed by atoms with Gasteiger partial charge in [0.05, 0.1) is 0 Å². The average molecular weight is 175 g/mol. The van der Waals surface area contributed by atoms with Crippen molar-refractivity contribution in [2.75, 3.05) is 0 Å². The normalized spacial score (nSPS) is 9.77. The van der Waals surface area contributed by atoms with Crippen LogP contribution in [0.15, 0.2) is 36.6 Å². The molecule has 1 heteroatoms. The lowest BCUT2D eigenvalue weighted by Crippen LogP contribution is -1.97. The van der Waals surface area contributed by atoms with E-state index in [2.05, 4.69) is 49.4 Å². The van der Waals surface area contributed by atoms with Gasteiger partial charge in [0.2, 0.25) is 0 Å². The van der Waals surface area contributed by atoms with E-state index in [0.717, 1.165) is 12.1 Å². The van der Waals surface area contributed by atoms with Crippen LogP contribution < -0.4 is 0 Å². The Morgan fingerprint density at radius 3 is 2.69 bits per heavy atom. The first-order valence-corrected chi connectivity index (χ1v) is 4.55. The van der Waals surface area contributed by atoms with Gasteiger partial charge < -0.3 is 4.57 Å². The predicted molar refractivity (Wildman–Crippen MR) is 58.6 cm³/mol. The Bertz CT molecular complexity index is 325. The average Bonchev–Trinajstić information content (AvgIpc) is 2.47. The van der Waals surface area contributed by atoms with Crippen LogP contribution in [-0.4, -0.2) is 4.57 Å². The Hall–Kier alpha value is -1.24. The molecule has 0 aliphatic rings. The molecule has 0 atom stereocenters. The van der Waals surface area contributed by atoms with E-state index >= 15 is 0 Å². The van der Waals surface area contributed by atoms with Crippen LogP contribution in [0, 0.1) is 0 Å². The van der Waals surface area contributed by atoms with Gasteiger partial charge in [0.15, 0.2) is 0 Å². The Kier molecular flexibility index (Phi) is 3.13. The minimum atomic E-state index is 0.942. The molecule has 70 valence electrons. The van der Waals surface area contributed by atoms with Gasteiger partial charge in [0, 0.05) is 18.4 Å². The number of aromatic nitrogens is 1. The molecule has 0 radical (unpaired) electrons. The van der Waals surface area contributed by atoms with Crippen molar-refractivity contribution < 1.29 is 0 Å². The molecule has 0 saturated carbocycles. The zero-order valence-corrected chi connectivity index (χ0v) is 8.67. The van der Waals surface area contributed by atoms with Crippen LogP contribution in [-0.2, 0) is 6.54 Å². The van der Waals surface area contributed by atoms with Crippen molar-refractivity contribution in [3.63, 3.8) is 0 Å². The van der Waals surface area contributed by atoms with Crippen LogP contribution in [0.2, 0.25) is 0 Å². The van der Waals surface area contributed by atoms with Crippen molar-refractivity contribution in [3.05, 3.63) is 42.3 Å². The summed E-state index contributed by atoms with van der Waals surface area (Å²) in [4.78, 5) is 0. The monoisotopic (exact) mass is 175 g/mol. The molecular formula is C12H17N. The number of allylic oxidation sites excluding steroid dienone is 3. The van der Waals surface area contributed by atoms with Crippen LogP contribution in [0.3, 0.4) is 0 Å². The summed E-state index contributed by atoms with van der Waals surface area (Å²) in [5.74, 6) is 0. The molecule has 1 aromatic rings. The Morgan fingerprint density at radius 1 is 1.46 bits per heavy atom. The fraction of sp³-hybridized carbons (Fsp3) is 0.333. The van der Waals surface area contributed by atoms with Gasteiger partial charge in [-0.2, -0.15) is 0 Å². The van der Waals surface area contributed by atoms with Gasteiger partial charge >= 0.3 is 0 Å². The highest BCUT2D eigenvalue weighted by atomic mass is 15.0. The third-order valence-electron chi connectivity index (χ3n) is 1.96. The van der Waals surface area contributed by atoms with Crippen LogP contribution >= 0.6 is 0 Å². The lowest BCUT2D eigenvalue weighted by atomic mass is 10.2. The van der Waals surface area contributed by atoms with E-state index < -0.39 is 0 Å². The van der Waals surface area contributed by atoms with Crippen molar-refractivity contribution in [2.45, 2.75) is 27.3 Å². The number of hydrogen-bond acceptors (Lipinski definition) is 0. The molecule has 0 aliphatic carbocycles. The molecule has 1 heterocycles. The molecule has 1 rings (SSSR count). The van der Waals surface area contributed by atoms with Crippen LogP contribution in [0.1, 0.15) is 26.5 Å². The van der Waals surface area contributed by atoms with E-state index in [-0.39, 0.29) is 0 Å². The molecule has 0 fully saturated rings. The van der Waals surface area contributed by atoms with Crippen LogP contribution in [0.25, 0.3) is 5.57 Å². The topological polar surface area (TPSA) is 4.93 Å². The van der Waals surface area contributed by atoms with Gasteiger partial charge in [-0.15, -0.1) is 0 Å². The molecule has 0 amide bonds. The highest BCUT2D eigenvalue weighted by Gasteiger charge is 1.98. The van der Waals surface area contributed by atoms with Crippen molar-refractivity contribution >= 4 is 5.57 Å². The van der Waals surface area contributed by atoms with Gasteiger partial charge in [-0.1, -0.05) is 18.2 Å². The SMILES string of the molecule is C=C(C)c1cccn1CC=C(C)C. The molecule has 0 saturated heterocycles. The first kappa shape index (κ1) is 9.85. The summed E-state index contributed by atoms with van der Waals surface area (Å²) in [5.41, 5.74) is 3.69. The van der Waals surface area contributed by atoms with Crippen LogP contribution in [0.5, 0.6) is 0 Å². The zero-order chi connectivity index (χ0) is 9.84. The molecule has 1 nitrogen and oxygen atoms in total. The molecule has 1 aromatic heterocycles. The molecule has 13 heavy (non-hydrogen) atoms. The zero-order valence-electron chi connectivity index (χ0n) is 8.67. The summed E-state index contributed by atoms with van der Waals surface area (Å²) in [5, 5.41) is 0. The summed E-state index contributed by atoms with van der Waals surface area (Å²) in [6.45, 7) is 11.2. The van der Waals surface area contributed by atoms with Gasteiger partial charge in [-0.25, -0.2) is 0 Å². The van der Waals surface area contributed by atoms with Crippen molar-refractivity contribution in [2.24, 2.45) is 0 Å². The summed E-state index contributed by atoms with van der Waals surface area (Å²) in [6.07, 6.45) is 4.30. The Balaban J connectivity index is 2.83. The molecule has 0 aliphatic heterocycles. The second-order valence-electron chi connectivity index (χ2n) is 3.61. The quantitative estimate of drug-likeness (QED) is 0.620. The van der Waals surface area contributed by atoms with E-state index in [1.807, 2.05) is 6.92 Å². The molecular weight excluding hydrogens is 158 g/mol. The predicted octanol–water partition coefficient (Wildman–Crippen LogP) is 3.49. The van der Waals surface area contributed by atoms with Gasteiger partial charge in [0.1, 0.15) is 0 Å². The summed E-state index contributed by atoms with van der Waals surface area (Å²) >= 11 is 0. The summed E-state index contributed by atoms with van der Waals surface area (Å²) in [7, 11) is 0. The molecule has 0 unspecified atom stereocenters. The Labute approximate surface area is 80.4 Å². The minimum Gasteiger partial charge on any atom is -0.344 e.